The van der Waals surface area contributed by atoms with E-state index in [1.54, 1.807) is 0 Å². The van der Waals surface area contributed by atoms with Gasteiger partial charge in [0.2, 0.25) is 0 Å². The Bertz CT molecular complexity index is 699. The maximum absolute atomic E-state index is 11.6. The molecule has 0 unspecified atom stereocenters. The number of aliphatic hydroxyl groups is 1. The number of ether oxygens (including phenoxy) is 1. The first kappa shape index (κ1) is 16.4. The van der Waals surface area contributed by atoms with Crippen molar-refractivity contribution in [1.29, 1.82) is 0 Å². The Balaban J connectivity index is 1.90. The smallest absolute Gasteiger partial charge is 0.140 e. The maximum Gasteiger partial charge on any atom is 0.140 e. The van der Waals surface area contributed by atoms with Crippen LogP contribution in [-0.2, 0) is 16.9 Å². The van der Waals surface area contributed by atoms with E-state index in [1.807, 2.05) is 97.9 Å². The van der Waals surface area contributed by atoms with Gasteiger partial charge in [-0.3, -0.25) is 0 Å². The highest BCUT2D eigenvalue weighted by Crippen LogP contribution is 2.34. The Morgan fingerprint density at radius 3 is 1.62 bits per heavy atom. The monoisotopic (exact) mass is 318 g/mol. The molecule has 3 aromatic rings. The molecule has 0 radical (unpaired) electrons. The summed E-state index contributed by atoms with van der Waals surface area (Å²) in [5, 5.41) is 11.6. The molecule has 1 N–H and O–H groups in total. The SMILES string of the molecule is C[C@H](OCc1ccccc1)C(O)(c1ccccc1)c1ccccc1. The first-order valence-corrected chi connectivity index (χ1v) is 8.20. The van der Waals surface area contributed by atoms with E-state index in [9.17, 15) is 5.11 Å². The highest BCUT2D eigenvalue weighted by molar-refractivity contribution is 5.37. The minimum atomic E-state index is -1.20. The highest BCUT2D eigenvalue weighted by Gasteiger charge is 2.38. The van der Waals surface area contributed by atoms with Crippen molar-refractivity contribution in [1.82, 2.24) is 0 Å². The van der Waals surface area contributed by atoms with Gasteiger partial charge in [0.15, 0.2) is 0 Å². The molecule has 2 heteroatoms. The number of hydrogen-bond acceptors (Lipinski definition) is 2. The average Bonchev–Trinajstić information content (AvgIpc) is 2.67. The molecular weight excluding hydrogens is 296 g/mol. The average molecular weight is 318 g/mol. The van der Waals surface area contributed by atoms with Crippen LogP contribution in [0.5, 0.6) is 0 Å². The van der Waals surface area contributed by atoms with Crippen LogP contribution >= 0.6 is 0 Å². The molecule has 3 rings (SSSR count). The minimum absolute atomic E-state index is 0.400. The Morgan fingerprint density at radius 2 is 1.17 bits per heavy atom. The van der Waals surface area contributed by atoms with Crippen molar-refractivity contribution < 1.29 is 9.84 Å². The molecule has 0 heterocycles. The number of benzene rings is 3. The third-order valence-electron chi connectivity index (χ3n) is 4.36. The van der Waals surface area contributed by atoms with Gasteiger partial charge in [0.05, 0.1) is 12.7 Å². The molecule has 0 saturated heterocycles. The Kier molecular flexibility index (Phi) is 5.09. The van der Waals surface area contributed by atoms with Crippen LogP contribution in [-0.4, -0.2) is 11.2 Å². The molecule has 2 nitrogen and oxygen atoms in total. The third-order valence-corrected chi connectivity index (χ3v) is 4.36. The predicted molar refractivity (Wildman–Crippen MR) is 96.6 cm³/mol. The topological polar surface area (TPSA) is 29.5 Å². The lowest BCUT2D eigenvalue weighted by atomic mass is 9.82. The van der Waals surface area contributed by atoms with Gasteiger partial charge in [0, 0.05) is 0 Å². The van der Waals surface area contributed by atoms with Gasteiger partial charge in [-0.1, -0.05) is 91.0 Å². The largest absolute Gasteiger partial charge is 0.378 e. The first-order chi connectivity index (χ1) is 11.7. The van der Waals surface area contributed by atoms with Crippen molar-refractivity contribution in [3.05, 3.63) is 108 Å². The zero-order chi connectivity index (χ0) is 16.8. The van der Waals surface area contributed by atoms with E-state index in [-0.39, 0.29) is 0 Å². The van der Waals surface area contributed by atoms with Crippen LogP contribution < -0.4 is 0 Å². The molecule has 0 aliphatic heterocycles. The lowest BCUT2D eigenvalue weighted by Crippen LogP contribution is -2.40. The summed E-state index contributed by atoms with van der Waals surface area (Å²) >= 11 is 0. The van der Waals surface area contributed by atoms with E-state index in [2.05, 4.69) is 0 Å². The van der Waals surface area contributed by atoms with Crippen LogP contribution in [0.3, 0.4) is 0 Å². The van der Waals surface area contributed by atoms with E-state index < -0.39 is 11.7 Å². The van der Waals surface area contributed by atoms with Gasteiger partial charge < -0.3 is 9.84 Å². The summed E-state index contributed by atoms with van der Waals surface area (Å²) in [6, 6.07) is 29.4. The van der Waals surface area contributed by atoms with Crippen LogP contribution in [0.15, 0.2) is 91.0 Å². The van der Waals surface area contributed by atoms with Gasteiger partial charge in [0.1, 0.15) is 5.60 Å². The Morgan fingerprint density at radius 1 is 0.750 bits per heavy atom. The maximum atomic E-state index is 11.6. The molecule has 0 aliphatic carbocycles. The fourth-order valence-electron chi connectivity index (χ4n) is 2.94. The zero-order valence-electron chi connectivity index (χ0n) is 13.8. The summed E-state index contributed by atoms with van der Waals surface area (Å²) in [4.78, 5) is 0. The van der Waals surface area contributed by atoms with Crippen LogP contribution in [0.2, 0.25) is 0 Å². The van der Waals surface area contributed by atoms with Crippen LogP contribution in [0.4, 0.5) is 0 Å². The summed E-state index contributed by atoms with van der Waals surface area (Å²) in [6.07, 6.45) is -0.400. The molecule has 0 aromatic heterocycles. The van der Waals surface area contributed by atoms with Gasteiger partial charge in [0.25, 0.3) is 0 Å². The highest BCUT2D eigenvalue weighted by atomic mass is 16.5. The second-order valence-electron chi connectivity index (χ2n) is 5.94. The fraction of sp³-hybridized carbons (Fsp3) is 0.182. The molecule has 122 valence electrons. The fourth-order valence-corrected chi connectivity index (χ4v) is 2.94. The predicted octanol–water partition coefficient (Wildman–Crippen LogP) is 4.53. The zero-order valence-corrected chi connectivity index (χ0v) is 13.8. The summed E-state index contributed by atoms with van der Waals surface area (Å²) in [5.74, 6) is 0. The van der Waals surface area contributed by atoms with Crippen molar-refractivity contribution >= 4 is 0 Å². The molecule has 0 fully saturated rings. The third kappa shape index (κ3) is 3.40. The van der Waals surface area contributed by atoms with E-state index in [0.717, 1.165) is 16.7 Å². The number of hydrogen-bond donors (Lipinski definition) is 1. The van der Waals surface area contributed by atoms with Crippen molar-refractivity contribution in [3.8, 4) is 0 Å². The van der Waals surface area contributed by atoms with E-state index in [4.69, 9.17) is 4.74 Å². The van der Waals surface area contributed by atoms with Gasteiger partial charge >= 0.3 is 0 Å². The van der Waals surface area contributed by atoms with E-state index in [1.165, 1.54) is 0 Å². The molecule has 24 heavy (non-hydrogen) atoms. The van der Waals surface area contributed by atoms with Crippen molar-refractivity contribution in [3.63, 3.8) is 0 Å². The summed E-state index contributed by atoms with van der Waals surface area (Å²) in [6.45, 7) is 2.38. The Labute approximate surface area is 143 Å². The molecule has 0 amide bonds. The molecule has 0 aliphatic rings. The molecular formula is C22H22O2. The Hall–Kier alpha value is -2.42. The molecule has 3 aromatic carbocycles. The standard InChI is InChI=1S/C22H22O2/c1-18(24-17-19-11-5-2-6-12-19)22(23,20-13-7-3-8-14-20)21-15-9-4-10-16-21/h2-16,18,23H,17H2,1H3/t18-/m0/s1. The van der Waals surface area contributed by atoms with E-state index in [0.29, 0.717) is 6.61 Å². The summed E-state index contributed by atoms with van der Waals surface area (Å²) in [7, 11) is 0. The quantitative estimate of drug-likeness (QED) is 0.723. The van der Waals surface area contributed by atoms with Crippen molar-refractivity contribution in [2.24, 2.45) is 0 Å². The second kappa shape index (κ2) is 7.43. The molecule has 0 spiro atoms. The van der Waals surface area contributed by atoms with Crippen LogP contribution in [0.1, 0.15) is 23.6 Å². The van der Waals surface area contributed by atoms with Gasteiger partial charge in [-0.2, -0.15) is 0 Å². The van der Waals surface area contributed by atoms with Gasteiger partial charge in [-0.15, -0.1) is 0 Å². The van der Waals surface area contributed by atoms with Crippen LogP contribution in [0, 0.1) is 0 Å². The van der Waals surface area contributed by atoms with Crippen molar-refractivity contribution in [2.45, 2.75) is 25.2 Å². The molecule has 0 bridgehead atoms. The van der Waals surface area contributed by atoms with Gasteiger partial charge in [-0.25, -0.2) is 0 Å². The van der Waals surface area contributed by atoms with Crippen LogP contribution in [0.25, 0.3) is 0 Å². The summed E-state index contributed by atoms with van der Waals surface area (Å²) < 4.78 is 6.05. The molecule has 0 saturated carbocycles. The second-order valence-corrected chi connectivity index (χ2v) is 5.94. The normalized spacial score (nSPS) is 12.8. The van der Waals surface area contributed by atoms with E-state index >= 15 is 0 Å². The number of rotatable bonds is 6. The minimum Gasteiger partial charge on any atom is -0.378 e. The van der Waals surface area contributed by atoms with Crippen molar-refractivity contribution in [2.75, 3.05) is 0 Å². The lowest BCUT2D eigenvalue weighted by Gasteiger charge is -2.35. The van der Waals surface area contributed by atoms with Gasteiger partial charge in [-0.05, 0) is 23.6 Å². The summed E-state index contributed by atoms with van der Waals surface area (Å²) in [5.41, 5.74) is 1.55. The lowest BCUT2D eigenvalue weighted by molar-refractivity contribution is -0.0871. The first-order valence-electron chi connectivity index (χ1n) is 8.20. The molecule has 1 atom stereocenters.